The maximum absolute atomic E-state index is 16.0. The number of nitrogens with one attached hydrogen (secondary N) is 4. The first-order chi connectivity index (χ1) is 65.3. The van der Waals surface area contributed by atoms with Crippen LogP contribution in [0.3, 0.4) is 0 Å². The number of aliphatic hydroxyl groups excluding tert-OH is 3. The van der Waals surface area contributed by atoms with Gasteiger partial charge < -0.3 is 109 Å². The second-order valence-corrected chi connectivity index (χ2v) is 37.1. The first kappa shape index (κ1) is 104. The lowest BCUT2D eigenvalue weighted by Gasteiger charge is -2.67. The molecule has 4 unspecified atom stereocenters. The van der Waals surface area contributed by atoms with Gasteiger partial charge in [-0.15, -0.1) is 0 Å². The fourth-order valence-electron chi connectivity index (χ4n) is 21.3. The monoisotopic (exact) mass is 1910 g/mol. The van der Waals surface area contributed by atoms with Crippen molar-refractivity contribution in [2.45, 2.75) is 237 Å². The second-order valence-electron chi connectivity index (χ2n) is 37.1. The molecule has 4 amide bonds. The van der Waals surface area contributed by atoms with Crippen LogP contribution in [0.5, 0.6) is 0 Å². The number of amides is 4. The normalized spacial score (nSPS) is 29.5. The Balaban J connectivity index is 0.000000241. The Morgan fingerprint density at radius 3 is 1.04 bits per heavy atom. The number of benzene rings is 6. The highest BCUT2D eigenvalue weighted by atomic mass is 16.7. The van der Waals surface area contributed by atoms with Crippen molar-refractivity contribution in [1.29, 1.82) is 0 Å². The van der Waals surface area contributed by atoms with Crippen LogP contribution in [0.1, 0.15) is 194 Å². The molecular formula is C102H119N5O31. The van der Waals surface area contributed by atoms with Gasteiger partial charge >= 0.3 is 59.9 Å². The van der Waals surface area contributed by atoms with Gasteiger partial charge in [-0.3, -0.25) is 38.4 Å². The van der Waals surface area contributed by atoms with Crippen molar-refractivity contribution in [1.82, 2.24) is 21.3 Å². The number of alkyl carbamates (subject to hydrolysis) is 2. The summed E-state index contributed by atoms with van der Waals surface area (Å²) in [4.78, 5) is 197. The molecule has 8 aliphatic rings. The molecule has 22 atom stereocenters. The molecule has 2 saturated heterocycles. The second kappa shape index (κ2) is 42.2. The molecule has 36 nitrogen and oxygen atoms in total. The Kier molecular flexibility index (Phi) is 31.8. The van der Waals surface area contributed by atoms with Gasteiger partial charge in [0.15, 0.2) is 47.2 Å². The van der Waals surface area contributed by atoms with Crippen molar-refractivity contribution in [2.24, 2.45) is 39.2 Å². The summed E-state index contributed by atoms with van der Waals surface area (Å²) in [6.45, 7) is 19.4. The van der Waals surface area contributed by atoms with E-state index in [0.717, 1.165) is 27.7 Å². The summed E-state index contributed by atoms with van der Waals surface area (Å²) in [5.74, 6) is -14.2. The molecule has 14 rings (SSSR count). The number of ether oxygens (including phenoxy) is 12. The average Bonchev–Trinajstić information content (AvgIpc) is 0.669. The molecule has 2 heterocycles. The van der Waals surface area contributed by atoms with Crippen molar-refractivity contribution in [3.8, 4) is 0 Å². The molecular weight excluding hydrogens is 1790 g/mol. The Morgan fingerprint density at radius 2 is 0.754 bits per heavy atom. The maximum Gasteiger partial charge on any atom is 0.408 e. The number of carbonyl (C=O) groups excluding carboxylic acids is 14. The van der Waals surface area contributed by atoms with E-state index in [1.165, 1.54) is 65.8 Å². The zero-order chi connectivity index (χ0) is 101. The van der Waals surface area contributed by atoms with Gasteiger partial charge in [0.25, 0.3) is 11.8 Å². The minimum absolute atomic E-state index is 0.0288. The SMILES string of the molecule is CC(=O)O[C@H]1C(=O)C2(C)[C@@H](OC(=O)NCN)CC3OC[C@@]3(OC(C)=O)[C@H]2[C@H](OC(=O)c2ccccc2)[C@]2(O)C[C@H](OC(=O)[C@H](O)[C@@H](NC(=O)c3ccccc3)c3ccccc3)C(C)=C1C2(C)C.CCCNC(=O)O[C@H]1CC2OC[C@@]2(OC(C)=O)[C@H]2[C@H](OC(=O)c3ccccc3)[C@]3(O)C[C@H](OC(=O)[C@H](O)[C@@H](NC(=O)c4ccccc4)c4ccccc4)C(C)=C([C@@H](OC(C)=O)C(=O)C12C)C3(C)C.CCO. The first-order valence-electron chi connectivity index (χ1n) is 45.6. The van der Waals surface area contributed by atoms with Crippen LogP contribution in [0.2, 0.25) is 0 Å². The van der Waals surface area contributed by atoms with Gasteiger partial charge in [-0.25, -0.2) is 28.8 Å². The quantitative estimate of drug-likeness (QED) is 0.0111. The summed E-state index contributed by atoms with van der Waals surface area (Å²) in [7, 11) is 0. The molecule has 36 heteroatoms. The molecule has 0 aromatic heterocycles. The predicted molar refractivity (Wildman–Crippen MR) is 487 cm³/mol. The van der Waals surface area contributed by atoms with Crippen molar-refractivity contribution < 1.29 is 149 Å². The van der Waals surface area contributed by atoms with Crippen LogP contribution < -0.4 is 27.0 Å². The van der Waals surface area contributed by atoms with Crippen LogP contribution >= 0.6 is 0 Å². The lowest BCUT2D eigenvalue weighted by Crippen LogP contribution is -2.82. The van der Waals surface area contributed by atoms with E-state index in [1.807, 2.05) is 6.92 Å². The molecule has 6 aromatic rings. The summed E-state index contributed by atoms with van der Waals surface area (Å²) in [5.41, 5.74) is -9.25. The topological polar surface area (TPSA) is 525 Å². The summed E-state index contributed by atoms with van der Waals surface area (Å²) < 4.78 is 73.6. The molecule has 138 heavy (non-hydrogen) atoms. The summed E-state index contributed by atoms with van der Waals surface area (Å²) >= 11 is 0. The fraction of sp³-hybridized carbons (Fsp3) is 0.471. The van der Waals surface area contributed by atoms with E-state index < -0.39 is 237 Å². The zero-order valence-electron chi connectivity index (χ0n) is 79.1. The third-order valence-corrected chi connectivity index (χ3v) is 28.2. The third kappa shape index (κ3) is 19.8. The summed E-state index contributed by atoms with van der Waals surface area (Å²) in [6, 6.07) is 45.6. The first-order valence-corrected chi connectivity index (χ1v) is 45.6. The average molecular weight is 1910 g/mol. The van der Waals surface area contributed by atoms with Crippen molar-refractivity contribution >= 4 is 83.3 Å². The number of aliphatic hydroxyl groups is 5. The Bertz CT molecular complexity index is 5610. The lowest BCUT2D eigenvalue weighted by atomic mass is 9.44. The Hall–Kier alpha value is -12.9. The van der Waals surface area contributed by atoms with E-state index in [4.69, 9.17) is 67.7 Å². The van der Waals surface area contributed by atoms with Crippen molar-refractivity contribution in [3.05, 3.63) is 238 Å². The Morgan fingerprint density at radius 1 is 0.442 bits per heavy atom. The minimum Gasteiger partial charge on any atom is -0.456 e. The molecule has 11 N–H and O–H groups in total. The van der Waals surface area contributed by atoms with Crippen LogP contribution in [0.25, 0.3) is 0 Å². The highest BCUT2D eigenvalue weighted by molar-refractivity contribution is 5.99. The number of esters is 8. The highest BCUT2D eigenvalue weighted by Crippen LogP contribution is 2.68. The van der Waals surface area contributed by atoms with Gasteiger partial charge in [0.1, 0.15) is 60.0 Å². The van der Waals surface area contributed by atoms with E-state index in [0.29, 0.717) is 17.5 Å². The van der Waals surface area contributed by atoms with E-state index >= 15 is 9.59 Å². The number of carbonyl (C=O) groups is 14. The van der Waals surface area contributed by atoms with Crippen molar-refractivity contribution in [3.63, 3.8) is 0 Å². The number of Topliss-reactive ketones (excluding diaryl/α,β-unsaturated/α-hetero) is 2. The third-order valence-electron chi connectivity index (χ3n) is 28.2. The number of rotatable bonds is 25. The van der Waals surface area contributed by atoms with Gasteiger partial charge in [-0.2, -0.15) is 0 Å². The number of nitrogens with two attached hydrogens (primary N) is 1. The Labute approximate surface area is 797 Å². The number of hydrogen-bond donors (Lipinski definition) is 10. The van der Waals surface area contributed by atoms with Crippen LogP contribution in [0.15, 0.2) is 204 Å². The predicted octanol–water partition coefficient (Wildman–Crippen LogP) is 8.26. The van der Waals surface area contributed by atoms with Crippen molar-refractivity contribution in [2.75, 3.05) is 33.0 Å². The summed E-state index contributed by atoms with van der Waals surface area (Å²) in [6.07, 6.45) is -22.9. The largest absolute Gasteiger partial charge is 0.456 e. The number of fused-ring (bicyclic) bond motifs is 10. The molecule has 2 aliphatic heterocycles. The zero-order valence-corrected chi connectivity index (χ0v) is 79.1. The van der Waals surface area contributed by atoms with E-state index in [9.17, 15) is 78.0 Å². The molecule has 6 aromatic carbocycles. The molecule has 0 spiro atoms. The van der Waals surface area contributed by atoms with Crippen LogP contribution in [-0.4, -0.2) is 238 Å². The van der Waals surface area contributed by atoms with E-state index in [-0.39, 0.29) is 90.4 Å². The number of hydrogen-bond acceptors (Lipinski definition) is 32. The van der Waals surface area contributed by atoms with E-state index in [2.05, 4.69) is 21.3 Å². The highest BCUT2D eigenvalue weighted by Gasteiger charge is 2.82. The van der Waals surface area contributed by atoms with Crippen LogP contribution in [0.4, 0.5) is 9.59 Å². The summed E-state index contributed by atoms with van der Waals surface area (Å²) in [5, 5.41) is 69.6. The molecule has 738 valence electrons. The van der Waals surface area contributed by atoms with Gasteiger partial charge in [0.05, 0.1) is 65.8 Å². The minimum atomic E-state index is -2.47. The molecule has 0 radical (unpaired) electrons. The molecule has 6 fully saturated rings. The number of ketones is 2. The standard InChI is InChI=1S/C51H58N2O15.C49H55N3O15.C2H6O/c1-8-24-52-47(61)66-35-25-36-50(27-63-36,68-30(4)55)41-43(67-45(59)33-22-16-11-17-23-33)51(62)26-34(28(2)37(48(51,5)6)40(64-29(3)54)42(57)49(35,41)7)65-46(60)39(56)38(31-18-12-9-13-19-31)53-44(58)32-20-14-10-15-21-32;1-26-32(64-44(59)37(55)36(29-16-10-7-11-17-29)52-42(57)30-18-12-8-13-19-30)23-49(61)41(66-43(58)31-20-14-9-15-21-31)39-47(6,40(56)38(63-27(2)53)35(26)46(49,4)5)33(65-45(60)51-25-50)22-34-48(39,24-62-34)67-28(3)54;1-2-3/h9-23,34-36,38-41,43,56,62H,8,24-27H2,1-7H3,(H,52,61)(H,53,58);7-21,32-34,36-39,41,55,61H,22-25,50H2,1-6H3,(H,51,60)(H,52,57);3H,2H2,1H3/t34-,35-,36?,38-,39+,40+,41-,43-,49?,50-,51+;32-,33-,34?,36-,37+,38+,39-,41-,47?,48-,49+;/m00./s1. The van der Waals surface area contributed by atoms with Crippen LogP contribution in [0, 0.1) is 33.5 Å². The maximum atomic E-state index is 16.0. The fourth-order valence-corrected chi connectivity index (χ4v) is 21.3. The van der Waals surface area contributed by atoms with Gasteiger partial charge in [0, 0.05) is 88.5 Å². The van der Waals surface area contributed by atoms with E-state index in [1.54, 1.807) is 178 Å². The van der Waals surface area contributed by atoms with Gasteiger partial charge in [-0.05, 0) is 123 Å². The molecule has 4 bridgehead atoms. The molecule has 6 aliphatic carbocycles. The molecule has 4 saturated carbocycles. The lowest BCUT2D eigenvalue weighted by molar-refractivity contribution is -0.345. The van der Waals surface area contributed by atoms with Crippen LogP contribution in [-0.2, 0) is 95.2 Å². The van der Waals surface area contributed by atoms with Gasteiger partial charge in [-0.1, -0.05) is 168 Å². The smallest absolute Gasteiger partial charge is 0.408 e. The van der Waals surface area contributed by atoms with Gasteiger partial charge in [0.2, 0.25) is 0 Å².